The van der Waals surface area contributed by atoms with Gasteiger partial charge in [-0.15, -0.1) is 0 Å². The normalized spacial score (nSPS) is 12.0. The number of para-hydroxylation sites is 1. The van der Waals surface area contributed by atoms with Crippen LogP contribution in [0.25, 0.3) is 10.9 Å². The summed E-state index contributed by atoms with van der Waals surface area (Å²) < 4.78 is 0. The van der Waals surface area contributed by atoms with E-state index in [1.54, 1.807) is 0 Å². The highest BCUT2D eigenvalue weighted by atomic mass is 16.1. The van der Waals surface area contributed by atoms with Crippen molar-refractivity contribution in [3.8, 4) is 0 Å². The van der Waals surface area contributed by atoms with Crippen molar-refractivity contribution in [3.63, 3.8) is 0 Å². The quantitative estimate of drug-likeness (QED) is 0.518. The zero-order valence-electron chi connectivity index (χ0n) is 15.3. The maximum absolute atomic E-state index is 12.6. The highest BCUT2D eigenvalue weighted by Crippen LogP contribution is 2.30. The van der Waals surface area contributed by atoms with E-state index >= 15 is 0 Å². The monoisotopic (exact) mass is 354 g/mol. The summed E-state index contributed by atoms with van der Waals surface area (Å²) in [5.41, 5.74) is 5.27. The van der Waals surface area contributed by atoms with E-state index in [0.29, 0.717) is 12.1 Å². The summed E-state index contributed by atoms with van der Waals surface area (Å²) in [6.07, 6.45) is 2.06. The molecule has 0 fully saturated rings. The van der Waals surface area contributed by atoms with E-state index < -0.39 is 0 Å². The third-order valence-electron chi connectivity index (χ3n) is 4.95. The van der Waals surface area contributed by atoms with Crippen molar-refractivity contribution in [2.45, 2.75) is 12.8 Å². The first kappa shape index (κ1) is 17.1. The first-order valence-electron chi connectivity index (χ1n) is 9.18. The van der Waals surface area contributed by atoms with Crippen LogP contribution in [0.5, 0.6) is 0 Å². The standard InChI is InChI=1S/C24H22N2O/c1-17-8-7-11-19(14-17)24(27)26-15-21(18-9-3-2-4-10-18)22-16-25-23-13-6-5-12-20(22)23/h2-14,16,21,25H,15H2,1H3,(H,26,27)/t21-/m0/s1. The molecule has 0 saturated carbocycles. The molecule has 0 unspecified atom stereocenters. The van der Waals surface area contributed by atoms with Crippen LogP contribution < -0.4 is 5.32 Å². The summed E-state index contributed by atoms with van der Waals surface area (Å²) >= 11 is 0. The van der Waals surface area contributed by atoms with Crippen LogP contribution in [0.3, 0.4) is 0 Å². The number of amides is 1. The minimum atomic E-state index is -0.0422. The summed E-state index contributed by atoms with van der Waals surface area (Å²) in [5.74, 6) is 0.0376. The molecular formula is C24H22N2O. The van der Waals surface area contributed by atoms with Crippen molar-refractivity contribution in [1.29, 1.82) is 0 Å². The Morgan fingerprint density at radius 1 is 0.963 bits per heavy atom. The van der Waals surface area contributed by atoms with Crippen LogP contribution in [-0.2, 0) is 0 Å². The minimum Gasteiger partial charge on any atom is -0.361 e. The molecule has 27 heavy (non-hydrogen) atoms. The smallest absolute Gasteiger partial charge is 0.251 e. The van der Waals surface area contributed by atoms with Gasteiger partial charge in [0.1, 0.15) is 0 Å². The average molecular weight is 354 g/mol. The molecule has 1 atom stereocenters. The summed E-state index contributed by atoms with van der Waals surface area (Å²) in [4.78, 5) is 16.0. The number of aromatic amines is 1. The maximum atomic E-state index is 12.6. The second-order valence-corrected chi connectivity index (χ2v) is 6.83. The molecule has 0 spiro atoms. The number of hydrogen-bond acceptors (Lipinski definition) is 1. The van der Waals surface area contributed by atoms with Gasteiger partial charge in [-0.05, 0) is 36.2 Å². The minimum absolute atomic E-state index is 0.0422. The number of carbonyl (C=O) groups excluding carboxylic acids is 1. The molecule has 4 aromatic rings. The molecule has 1 amide bonds. The van der Waals surface area contributed by atoms with Gasteiger partial charge in [0.2, 0.25) is 0 Å². The molecule has 3 nitrogen and oxygen atoms in total. The van der Waals surface area contributed by atoms with Gasteiger partial charge in [0.15, 0.2) is 0 Å². The lowest BCUT2D eigenvalue weighted by atomic mass is 9.91. The van der Waals surface area contributed by atoms with Crippen LogP contribution in [-0.4, -0.2) is 17.4 Å². The van der Waals surface area contributed by atoms with Gasteiger partial charge < -0.3 is 10.3 Å². The number of benzene rings is 3. The van der Waals surface area contributed by atoms with Crippen molar-refractivity contribution in [2.24, 2.45) is 0 Å². The molecule has 0 radical (unpaired) electrons. The molecule has 2 N–H and O–H groups in total. The number of fused-ring (bicyclic) bond motifs is 1. The molecule has 1 aromatic heterocycles. The number of carbonyl (C=O) groups is 1. The lowest BCUT2D eigenvalue weighted by Crippen LogP contribution is -2.28. The van der Waals surface area contributed by atoms with Crippen molar-refractivity contribution in [1.82, 2.24) is 10.3 Å². The summed E-state index contributed by atoms with van der Waals surface area (Å²) in [6.45, 7) is 2.54. The Balaban J connectivity index is 1.64. The van der Waals surface area contributed by atoms with E-state index in [2.05, 4.69) is 40.8 Å². The molecule has 3 heteroatoms. The van der Waals surface area contributed by atoms with Gasteiger partial charge in [-0.1, -0.05) is 66.2 Å². The lowest BCUT2D eigenvalue weighted by molar-refractivity contribution is 0.0952. The second kappa shape index (κ2) is 7.50. The summed E-state index contributed by atoms with van der Waals surface area (Å²) in [7, 11) is 0. The predicted molar refractivity (Wildman–Crippen MR) is 110 cm³/mol. The van der Waals surface area contributed by atoms with Gasteiger partial charge in [0.05, 0.1) is 0 Å². The van der Waals surface area contributed by atoms with Crippen LogP contribution in [0, 0.1) is 6.92 Å². The molecule has 4 rings (SSSR count). The van der Waals surface area contributed by atoms with E-state index in [1.807, 2.05) is 61.5 Å². The van der Waals surface area contributed by atoms with Crippen molar-refractivity contribution in [3.05, 3.63) is 107 Å². The van der Waals surface area contributed by atoms with Gasteiger partial charge in [-0.2, -0.15) is 0 Å². The molecule has 0 saturated heterocycles. The van der Waals surface area contributed by atoms with Crippen molar-refractivity contribution >= 4 is 16.8 Å². The fraction of sp³-hybridized carbons (Fsp3) is 0.125. The number of nitrogens with one attached hydrogen (secondary N) is 2. The van der Waals surface area contributed by atoms with Gasteiger partial charge in [0, 0.05) is 35.1 Å². The number of hydrogen-bond donors (Lipinski definition) is 2. The van der Waals surface area contributed by atoms with Crippen LogP contribution >= 0.6 is 0 Å². The molecule has 3 aromatic carbocycles. The molecule has 134 valence electrons. The Hall–Kier alpha value is -3.33. The maximum Gasteiger partial charge on any atom is 0.251 e. The number of rotatable bonds is 5. The van der Waals surface area contributed by atoms with Crippen LogP contribution in [0.15, 0.2) is 85.1 Å². The van der Waals surface area contributed by atoms with E-state index in [4.69, 9.17) is 0 Å². The average Bonchev–Trinajstić information content (AvgIpc) is 3.13. The van der Waals surface area contributed by atoms with Gasteiger partial charge in [-0.3, -0.25) is 4.79 Å². The number of aromatic nitrogens is 1. The van der Waals surface area contributed by atoms with Gasteiger partial charge in [0.25, 0.3) is 5.91 Å². The summed E-state index contributed by atoms with van der Waals surface area (Å²) in [6, 6.07) is 26.3. The predicted octanol–water partition coefficient (Wildman–Crippen LogP) is 5.04. The molecule has 0 aliphatic rings. The first-order valence-corrected chi connectivity index (χ1v) is 9.18. The van der Waals surface area contributed by atoms with Crippen LogP contribution in [0.4, 0.5) is 0 Å². The second-order valence-electron chi connectivity index (χ2n) is 6.83. The Bertz CT molecular complexity index is 1070. The Morgan fingerprint density at radius 2 is 1.74 bits per heavy atom. The number of H-pyrrole nitrogens is 1. The van der Waals surface area contributed by atoms with E-state index in [0.717, 1.165) is 11.1 Å². The topological polar surface area (TPSA) is 44.9 Å². The molecular weight excluding hydrogens is 332 g/mol. The Morgan fingerprint density at radius 3 is 2.56 bits per heavy atom. The van der Waals surface area contributed by atoms with Crippen molar-refractivity contribution < 1.29 is 4.79 Å². The fourth-order valence-corrected chi connectivity index (χ4v) is 3.56. The third-order valence-corrected chi connectivity index (χ3v) is 4.95. The van der Waals surface area contributed by atoms with Gasteiger partial charge >= 0.3 is 0 Å². The first-order chi connectivity index (χ1) is 13.2. The SMILES string of the molecule is Cc1cccc(C(=O)NC[C@@H](c2ccccc2)c2c[nH]c3ccccc23)c1. The van der Waals surface area contributed by atoms with Crippen molar-refractivity contribution in [2.75, 3.05) is 6.54 Å². The molecule has 1 heterocycles. The Kier molecular flexibility index (Phi) is 4.75. The Labute approximate surface area is 159 Å². The highest BCUT2D eigenvalue weighted by Gasteiger charge is 2.19. The summed E-state index contributed by atoms with van der Waals surface area (Å²) in [5, 5.41) is 4.32. The lowest BCUT2D eigenvalue weighted by Gasteiger charge is -2.18. The fourth-order valence-electron chi connectivity index (χ4n) is 3.56. The van der Waals surface area contributed by atoms with Crippen LogP contribution in [0.2, 0.25) is 0 Å². The third kappa shape index (κ3) is 3.63. The van der Waals surface area contributed by atoms with E-state index in [1.165, 1.54) is 16.5 Å². The van der Waals surface area contributed by atoms with E-state index in [-0.39, 0.29) is 11.8 Å². The van der Waals surface area contributed by atoms with Crippen LogP contribution in [0.1, 0.15) is 33.0 Å². The zero-order valence-corrected chi connectivity index (χ0v) is 15.3. The van der Waals surface area contributed by atoms with Gasteiger partial charge in [-0.25, -0.2) is 0 Å². The number of aryl methyl sites for hydroxylation is 1. The van der Waals surface area contributed by atoms with E-state index in [9.17, 15) is 4.79 Å². The largest absolute Gasteiger partial charge is 0.361 e. The molecule has 0 aliphatic heterocycles. The molecule has 0 bridgehead atoms. The molecule has 0 aliphatic carbocycles. The highest BCUT2D eigenvalue weighted by molar-refractivity contribution is 5.94. The zero-order chi connectivity index (χ0) is 18.6.